The Balaban J connectivity index is 1.60. The van der Waals surface area contributed by atoms with Crippen LogP contribution in [0, 0.1) is 0 Å². The number of rotatable bonds is 8. The van der Waals surface area contributed by atoms with Crippen LogP contribution in [0.1, 0.15) is 30.1 Å². The Kier molecular flexibility index (Phi) is 5.96. The van der Waals surface area contributed by atoms with Gasteiger partial charge in [-0.15, -0.1) is 16.8 Å². The lowest BCUT2D eigenvalue weighted by atomic mass is 10.2. The monoisotopic (exact) mass is 420 g/mol. The molecule has 1 aliphatic rings. The zero-order chi connectivity index (χ0) is 17.8. The molecular weight excluding hydrogens is 400 g/mol. The van der Waals surface area contributed by atoms with Crippen LogP contribution in [0.4, 0.5) is 0 Å². The molecule has 1 aliphatic carbocycles. The van der Waals surface area contributed by atoms with Gasteiger partial charge < -0.3 is 9.47 Å². The molecule has 7 heteroatoms. The lowest BCUT2D eigenvalue weighted by molar-refractivity contribution is -0.127. The first-order valence-electron chi connectivity index (χ1n) is 8.24. The zero-order valence-corrected chi connectivity index (χ0v) is 16.6. The summed E-state index contributed by atoms with van der Waals surface area (Å²) in [6.45, 7) is 5.07. The topological polar surface area (TPSA) is 51.0 Å². The first-order valence-corrected chi connectivity index (χ1v) is 10.0. The van der Waals surface area contributed by atoms with Crippen LogP contribution in [0.15, 0.2) is 46.5 Å². The second kappa shape index (κ2) is 8.19. The van der Waals surface area contributed by atoms with Gasteiger partial charge in [-0.2, -0.15) is 0 Å². The van der Waals surface area contributed by atoms with Gasteiger partial charge in [-0.3, -0.25) is 4.79 Å². The van der Waals surface area contributed by atoms with Crippen LogP contribution in [-0.4, -0.2) is 38.4 Å². The Morgan fingerprint density at radius 2 is 2.20 bits per heavy atom. The van der Waals surface area contributed by atoms with E-state index in [9.17, 15) is 4.79 Å². The summed E-state index contributed by atoms with van der Waals surface area (Å²) in [6, 6.07) is 7.95. The standard InChI is InChI=1S/C18H21BrN4OS/c1-3-10-23-17(13-8-9-13)20-21-18(23)25-12-16(24)22(2)11-14-6-4-5-7-15(14)19/h3-7,13H,1,8-12H2,2H3. The molecule has 1 saturated carbocycles. The predicted octanol–water partition coefficient (Wildman–Crippen LogP) is 3.85. The summed E-state index contributed by atoms with van der Waals surface area (Å²) in [5.74, 6) is 1.97. The molecule has 0 aliphatic heterocycles. The number of amides is 1. The van der Waals surface area contributed by atoms with Crippen LogP contribution in [0.3, 0.4) is 0 Å². The fourth-order valence-corrected chi connectivity index (χ4v) is 3.86. The maximum Gasteiger partial charge on any atom is 0.233 e. The third-order valence-corrected chi connectivity index (χ3v) is 5.84. The van der Waals surface area contributed by atoms with Crippen molar-refractivity contribution < 1.29 is 4.79 Å². The van der Waals surface area contributed by atoms with Crippen molar-refractivity contribution in [1.29, 1.82) is 0 Å². The maximum absolute atomic E-state index is 12.5. The average Bonchev–Trinajstić information content (AvgIpc) is 3.37. The predicted molar refractivity (Wildman–Crippen MR) is 104 cm³/mol. The second-order valence-electron chi connectivity index (χ2n) is 6.14. The van der Waals surface area contributed by atoms with E-state index in [1.807, 2.05) is 37.4 Å². The van der Waals surface area contributed by atoms with E-state index in [1.165, 1.54) is 24.6 Å². The summed E-state index contributed by atoms with van der Waals surface area (Å²) >= 11 is 4.97. The molecule has 25 heavy (non-hydrogen) atoms. The summed E-state index contributed by atoms with van der Waals surface area (Å²) in [7, 11) is 1.83. The number of halogens is 1. The minimum atomic E-state index is 0.0712. The van der Waals surface area contributed by atoms with Crippen molar-refractivity contribution in [2.24, 2.45) is 0 Å². The number of thioether (sulfide) groups is 1. The van der Waals surface area contributed by atoms with Crippen molar-refractivity contribution in [3.8, 4) is 0 Å². The van der Waals surface area contributed by atoms with Crippen LogP contribution in [0.5, 0.6) is 0 Å². The Hall–Kier alpha value is -1.60. The Morgan fingerprint density at radius 3 is 2.88 bits per heavy atom. The number of carbonyl (C=O) groups excluding carboxylic acids is 1. The molecule has 1 amide bonds. The molecule has 1 aromatic heterocycles. The molecular formula is C18H21BrN4OS. The van der Waals surface area contributed by atoms with Gasteiger partial charge in [0.05, 0.1) is 5.75 Å². The molecule has 0 atom stereocenters. The highest BCUT2D eigenvalue weighted by atomic mass is 79.9. The first kappa shape index (κ1) is 18.2. The summed E-state index contributed by atoms with van der Waals surface area (Å²) < 4.78 is 3.10. The molecule has 0 radical (unpaired) electrons. The zero-order valence-electron chi connectivity index (χ0n) is 14.2. The number of hydrogen-bond acceptors (Lipinski definition) is 4. The number of hydrogen-bond donors (Lipinski definition) is 0. The van der Waals surface area contributed by atoms with Crippen molar-refractivity contribution in [2.75, 3.05) is 12.8 Å². The van der Waals surface area contributed by atoms with Crippen molar-refractivity contribution in [3.63, 3.8) is 0 Å². The van der Waals surface area contributed by atoms with Crippen molar-refractivity contribution in [2.45, 2.75) is 37.0 Å². The molecule has 132 valence electrons. The summed E-state index contributed by atoms with van der Waals surface area (Å²) in [6.07, 6.45) is 4.20. The molecule has 1 fully saturated rings. The van der Waals surface area contributed by atoms with Crippen LogP contribution >= 0.6 is 27.7 Å². The highest BCUT2D eigenvalue weighted by Gasteiger charge is 2.30. The SMILES string of the molecule is C=CCn1c(SCC(=O)N(C)Cc2ccccc2Br)nnc1C1CC1. The van der Waals surface area contributed by atoms with E-state index in [-0.39, 0.29) is 5.91 Å². The largest absolute Gasteiger partial charge is 0.341 e. The van der Waals surface area contributed by atoms with Crippen LogP contribution < -0.4 is 0 Å². The van der Waals surface area contributed by atoms with Crippen LogP contribution in [0.25, 0.3) is 0 Å². The van der Waals surface area contributed by atoms with Gasteiger partial charge in [-0.05, 0) is 24.5 Å². The smallest absolute Gasteiger partial charge is 0.233 e. The van der Waals surface area contributed by atoms with Gasteiger partial charge in [0.2, 0.25) is 5.91 Å². The molecule has 5 nitrogen and oxygen atoms in total. The number of carbonyl (C=O) groups is 1. The van der Waals surface area contributed by atoms with Gasteiger partial charge in [0.1, 0.15) is 5.82 Å². The van der Waals surface area contributed by atoms with Crippen molar-refractivity contribution in [1.82, 2.24) is 19.7 Å². The fourth-order valence-electron chi connectivity index (χ4n) is 2.56. The molecule has 1 aromatic carbocycles. The van der Waals surface area contributed by atoms with Gasteiger partial charge in [-0.25, -0.2) is 0 Å². The molecule has 0 saturated heterocycles. The Morgan fingerprint density at radius 1 is 1.44 bits per heavy atom. The van der Waals surface area contributed by atoms with Gasteiger partial charge in [0.15, 0.2) is 5.16 Å². The summed E-state index contributed by atoms with van der Waals surface area (Å²) in [5.41, 5.74) is 1.09. The van der Waals surface area contributed by atoms with E-state index < -0.39 is 0 Å². The minimum absolute atomic E-state index is 0.0712. The average molecular weight is 421 g/mol. The first-order chi connectivity index (χ1) is 12.1. The quantitative estimate of drug-likeness (QED) is 0.480. The third kappa shape index (κ3) is 4.52. The molecule has 0 spiro atoms. The fraction of sp³-hybridized carbons (Fsp3) is 0.389. The minimum Gasteiger partial charge on any atom is -0.341 e. The second-order valence-corrected chi connectivity index (χ2v) is 7.94. The number of allylic oxidation sites excluding steroid dienone is 1. The van der Waals surface area contributed by atoms with E-state index in [1.54, 1.807) is 4.90 Å². The van der Waals surface area contributed by atoms with Crippen molar-refractivity contribution in [3.05, 3.63) is 52.8 Å². The number of benzene rings is 1. The maximum atomic E-state index is 12.5. The highest BCUT2D eigenvalue weighted by molar-refractivity contribution is 9.10. The molecule has 0 N–H and O–H groups in total. The van der Waals surface area contributed by atoms with Crippen LogP contribution in [-0.2, 0) is 17.9 Å². The highest BCUT2D eigenvalue weighted by Crippen LogP contribution is 2.40. The van der Waals surface area contributed by atoms with E-state index in [4.69, 9.17) is 0 Å². The van der Waals surface area contributed by atoms with Gasteiger partial charge in [-0.1, -0.05) is 52.0 Å². The number of nitrogens with zero attached hydrogens (tertiary/aromatic N) is 4. The van der Waals surface area contributed by atoms with Crippen molar-refractivity contribution >= 4 is 33.6 Å². The van der Waals surface area contributed by atoms with E-state index >= 15 is 0 Å². The lowest BCUT2D eigenvalue weighted by Gasteiger charge is -2.18. The summed E-state index contributed by atoms with van der Waals surface area (Å²) in [4.78, 5) is 14.2. The molecule has 0 unspecified atom stereocenters. The summed E-state index contributed by atoms with van der Waals surface area (Å²) in [5, 5.41) is 9.38. The van der Waals surface area contributed by atoms with Gasteiger partial charge in [0, 0.05) is 30.5 Å². The number of aromatic nitrogens is 3. The van der Waals surface area contributed by atoms with Crippen LogP contribution in [0.2, 0.25) is 0 Å². The van der Waals surface area contributed by atoms with E-state index in [0.29, 0.717) is 24.8 Å². The normalized spacial score (nSPS) is 13.7. The molecule has 1 heterocycles. The van der Waals surface area contributed by atoms with Gasteiger partial charge in [0.25, 0.3) is 0 Å². The van der Waals surface area contributed by atoms with Gasteiger partial charge >= 0.3 is 0 Å². The van der Waals surface area contributed by atoms with E-state index in [2.05, 4.69) is 37.3 Å². The third-order valence-electron chi connectivity index (χ3n) is 4.12. The molecule has 0 bridgehead atoms. The van der Waals surface area contributed by atoms with E-state index in [0.717, 1.165) is 21.0 Å². The Labute approximate surface area is 160 Å². The Bertz CT molecular complexity index is 772. The lowest BCUT2D eigenvalue weighted by Crippen LogP contribution is -2.28. The molecule has 3 rings (SSSR count). The molecule has 2 aromatic rings.